The van der Waals surface area contributed by atoms with Gasteiger partial charge in [0.15, 0.2) is 0 Å². The molecular weight excluding hydrogens is 262 g/mol. The van der Waals surface area contributed by atoms with E-state index in [1.807, 2.05) is 0 Å². The number of hydrogen-bond acceptors (Lipinski definition) is 4. The first-order valence-corrected chi connectivity index (χ1v) is 5.99. The minimum absolute atomic E-state index is 0.104. The van der Waals surface area contributed by atoms with E-state index in [1.165, 1.54) is 6.07 Å². The van der Waals surface area contributed by atoms with Gasteiger partial charge in [0.25, 0.3) is 5.91 Å². The molecule has 2 rings (SSSR count). The molecule has 20 heavy (non-hydrogen) atoms. The molecule has 0 aliphatic heterocycles. The average molecular weight is 277 g/mol. The third-order valence-electron chi connectivity index (χ3n) is 2.88. The normalized spacial score (nSPS) is 10.6. The molecule has 2 heterocycles. The Morgan fingerprint density at radius 2 is 2.10 bits per heavy atom. The first kappa shape index (κ1) is 13.9. The number of carbonyl (C=O) groups excluding carboxylic acids is 1. The van der Waals surface area contributed by atoms with E-state index in [-0.39, 0.29) is 18.0 Å². The molecule has 106 valence electrons. The molecule has 0 fully saturated rings. The Morgan fingerprint density at radius 1 is 1.40 bits per heavy atom. The van der Waals surface area contributed by atoms with Gasteiger partial charge in [0.05, 0.1) is 17.8 Å². The first-order valence-electron chi connectivity index (χ1n) is 5.99. The molecule has 7 nitrogen and oxygen atoms in total. The van der Waals surface area contributed by atoms with Gasteiger partial charge in [-0.1, -0.05) is 0 Å². The van der Waals surface area contributed by atoms with Crippen molar-refractivity contribution in [2.75, 3.05) is 0 Å². The minimum atomic E-state index is -1.05. The lowest BCUT2D eigenvalue weighted by Gasteiger charge is -2.01. The highest BCUT2D eigenvalue weighted by molar-refractivity contribution is 5.95. The highest BCUT2D eigenvalue weighted by Gasteiger charge is 2.16. The SMILES string of the molecule is Cc1nn(C)cc1C(=O)NCc1cc(C(=O)O)c(C)o1. The summed E-state index contributed by atoms with van der Waals surface area (Å²) in [4.78, 5) is 22.8. The molecule has 0 saturated heterocycles. The number of aryl methyl sites for hydroxylation is 3. The molecule has 2 N–H and O–H groups in total. The standard InChI is InChI=1S/C13H15N3O4/c1-7-11(6-16(3)15-7)12(17)14-5-9-4-10(13(18)19)8(2)20-9/h4,6H,5H2,1-3H3,(H,14,17)(H,18,19). The maximum absolute atomic E-state index is 12.0. The number of carbonyl (C=O) groups is 2. The molecule has 0 saturated carbocycles. The smallest absolute Gasteiger partial charge is 0.339 e. The minimum Gasteiger partial charge on any atom is -0.478 e. The van der Waals surface area contributed by atoms with Gasteiger partial charge in [-0.2, -0.15) is 5.10 Å². The Bertz CT molecular complexity index is 669. The fourth-order valence-electron chi connectivity index (χ4n) is 1.93. The van der Waals surface area contributed by atoms with Crippen molar-refractivity contribution in [2.24, 2.45) is 7.05 Å². The van der Waals surface area contributed by atoms with E-state index in [1.54, 1.807) is 31.8 Å². The number of hydrogen-bond donors (Lipinski definition) is 2. The molecule has 1 amide bonds. The predicted octanol–water partition coefficient (Wildman–Crippen LogP) is 1.26. The van der Waals surface area contributed by atoms with Crippen molar-refractivity contribution in [1.82, 2.24) is 15.1 Å². The molecule has 0 spiro atoms. The van der Waals surface area contributed by atoms with Crippen molar-refractivity contribution < 1.29 is 19.1 Å². The lowest BCUT2D eigenvalue weighted by atomic mass is 10.2. The fraction of sp³-hybridized carbons (Fsp3) is 0.308. The van der Waals surface area contributed by atoms with Gasteiger partial charge in [-0.25, -0.2) is 4.79 Å². The lowest BCUT2D eigenvalue weighted by Crippen LogP contribution is -2.22. The fourth-order valence-corrected chi connectivity index (χ4v) is 1.93. The van der Waals surface area contributed by atoms with Crippen molar-refractivity contribution in [3.63, 3.8) is 0 Å². The highest BCUT2D eigenvalue weighted by atomic mass is 16.4. The van der Waals surface area contributed by atoms with Crippen LogP contribution in [0.5, 0.6) is 0 Å². The van der Waals surface area contributed by atoms with Crippen molar-refractivity contribution in [3.05, 3.63) is 40.6 Å². The number of carboxylic acids is 1. The summed E-state index contributed by atoms with van der Waals surface area (Å²) in [6.07, 6.45) is 1.63. The summed E-state index contributed by atoms with van der Waals surface area (Å²) in [5.41, 5.74) is 1.22. The van der Waals surface area contributed by atoms with E-state index in [0.717, 1.165) is 0 Å². The Balaban J connectivity index is 2.05. The van der Waals surface area contributed by atoms with Crippen molar-refractivity contribution in [1.29, 1.82) is 0 Å². The number of furan rings is 1. The van der Waals surface area contributed by atoms with Crippen LogP contribution in [0.3, 0.4) is 0 Å². The van der Waals surface area contributed by atoms with Crippen molar-refractivity contribution >= 4 is 11.9 Å². The molecule has 2 aromatic heterocycles. The summed E-state index contributed by atoms with van der Waals surface area (Å²) in [6, 6.07) is 1.41. The number of aromatic nitrogens is 2. The molecule has 7 heteroatoms. The maximum atomic E-state index is 12.0. The van der Waals surface area contributed by atoms with Crippen LogP contribution < -0.4 is 5.32 Å². The Kier molecular flexibility index (Phi) is 3.60. The zero-order chi connectivity index (χ0) is 14.9. The van der Waals surface area contributed by atoms with Crippen LogP contribution in [0.1, 0.15) is 37.9 Å². The summed E-state index contributed by atoms with van der Waals surface area (Å²) in [7, 11) is 1.73. The number of carboxylic acid groups (broad SMARTS) is 1. The van der Waals surface area contributed by atoms with Gasteiger partial charge in [0.1, 0.15) is 17.1 Å². The van der Waals surface area contributed by atoms with Crippen LogP contribution in [-0.2, 0) is 13.6 Å². The van der Waals surface area contributed by atoms with Gasteiger partial charge in [0.2, 0.25) is 0 Å². The van der Waals surface area contributed by atoms with Gasteiger partial charge in [-0.3, -0.25) is 9.48 Å². The van der Waals surface area contributed by atoms with Gasteiger partial charge in [0, 0.05) is 13.2 Å². The lowest BCUT2D eigenvalue weighted by molar-refractivity contribution is 0.0694. The zero-order valence-electron chi connectivity index (χ0n) is 11.4. The van der Waals surface area contributed by atoms with E-state index < -0.39 is 5.97 Å². The molecule has 0 atom stereocenters. The third kappa shape index (κ3) is 2.71. The third-order valence-corrected chi connectivity index (χ3v) is 2.88. The van der Waals surface area contributed by atoms with Gasteiger partial charge in [-0.15, -0.1) is 0 Å². The molecule has 0 aromatic carbocycles. The first-order chi connectivity index (χ1) is 9.38. The van der Waals surface area contributed by atoms with Crippen LogP contribution in [-0.4, -0.2) is 26.8 Å². The highest BCUT2D eigenvalue weighted by Crippen LogP contribution is 2.14. The van der Waals surface area contributed by atoms with E-state index in [4.69, 9.17) is 9.52 Å². The molecule has 0 radical (unpaired) electrons. The van der Waals surface area contributed by atoms with Crippen molar-refractivity contribution in [2.45, 2.75) is 20.4 Å². The molecule has 0 unspecified atom stereocenters. The number of nitrogens with zero attached hydrogens (tertiary/aromatic N) is 2. The van der Waals surface area contributed by atoms with E-state index >= 15 is 0 Å². The average Bonchev–Trinajstić information content (AvgIpc) is 2.89. The summed E-state index contributed by atoms with van der Waals surface area (Å²) in [6.45, 7) is 3.44. The van der Waals surface area contributed by atoms with E-state index in [9.17, 15) is 9.59 Å². The second kappa shape index (κ2) is 5.20. The quantitative estimate of drug-likeness (QED) is 0.876. The summed E-state index contributed by atoms with van der Waals surface area (Å²) >= 11 is 0. The molecule has 0 aliphatic rings. The van der Waals surface area contributed by atoms with E-state index in [2.05, 4.69) is 10.4 Å². The second-order valence-electron chi connectivity index (χ2n) is 4.47. The summed E-state index contributed by atoms with van der Waals surface area (Å²) in [5, 5.41) is 15.7. The largest absolute Gasteiger partial charge is 0.478 e. The Labute approximate surface area is 115 Å². The summed E-state index contributed by atoms with van der Waals surface area (Å²) < 4.78 is 6.84. The van der Waals surface area contributed by atoms with Crippen LogP contribution in [0.25, 0.3) is 0 Å². The maximum Gasteiger partial charge on any atom is 0.339 e. The molecular formula is C13H15N3O4. The number of rotatable bonds is 4. The number of nitrogens with one attached hydrogen (secondary N) is 1. The van der Waals surface area contributed by atoms with Crippen LogP contribution in [0, 0.1) is 13.8 Å². The zero-order valence-corrected chi connectivity index (χ0v) is 11.4. The molecule has 2 aromatic rings. The van der Waals surface area contributed by atoms with Crippen molar-refractivity contribution in [3.8, 4) is 0 Å². The van der Waals surface area contributed by atoms with Gasteiger partial charge >= 0.3 is 5.97 Å². The Hall–Kier alpha value is -2.57. The molecule has 0 aliphatic carbocycles. The van der Waals surface area contributed by atoms with Gasteiger partial charge in [-0.05, 0) is 19.9 Å². The van der Waals surface area contributed by atoms with Crippen LogP contribution >= 0.6 is 0 Å². The number of aromatic carboxylic acids is 1. The summed E-state index contributed by atoms with van der Waals surface area (Å²) in [5.74, 6) is -0.609. The molecule has 0 bridgehead atoms. The van der Waals surface area contributed by atoms with Crippen LogP contribution in [0.4, 0.5) is 0 Å². The number of amides is 1. The Morgan fingerprint density at radius 3 is 2.60 bits per heavy atom. The van der Waals surface area contributed by atoms with Crippen LogP contribution in [0.2, 0.25) is 0 Å². The second-order valence-corrected chi connectivity index (χ2v) is 4.47. The topological polar surface area (TPSA) is 97.4 Å². The monoisotopic (exact) mass is 277 g/mol. The van der Waals surface area contributed by atoms with E-state index in [0.29, 0.717) is 22.8 Å². The van der Waals surface area contributed by atoms with Crippen LogP contribution in [0.15, 0.2) is 16.7 Å². The predicted molar refractivity (Wildman–Crippen MR) is 69.5 cm³/mol. The van der Waals surface area contributed by atoms with Gasteiger partial charge < -0.3 is 14.8 Å².